The van der Waals surface area contributed by atoms with Crippen molar-refractivity contribution in [2.24, 2.45) is 5.73 Å². The fourth-order valence-electron chi connectivity index (χ4n) is 1.11. The topological polar surface area (TPSA) is 86.2 Å². The smallest absolute Gasteiger partial charge is 0.286 e. The number of benzene rings is 1. The molecular weight excluding hydrogens is 299 g/mol. The molecule has 0 aromatic heterocycles. The molecule has 0 saturated carbocycles. The molecule has 14 heavy (non-hydrogen) atoms. The van der Waals surface area contributed by atoms with Gasteiger partial charge in [0.2, 0.25) is 0 Å². The minimum atomic E-state index is -0.781. The third-order valence-electron chi connectivity index (χ3n) is 1.81. The van der Waals surface area contributed by atoms with E-state index < -0.39 is 10.8 Å². The Balaban J connectivity index is 3.53. The summed E-state index contributed by atoms with van der Waals surface area (Å²) in [5.41, 5.74) is 5.24. The van der Waals surface area contributed by atoms with E-state index in [-0.39, 0.29) is 11.3 Å². The van der Waals surface area contributed by atoms with E-state index >= 15 is 0 Å². The van der Waals surface area contributed by atoms with Crippen LogP contribution < -0.4 is 5.73 Å². The molecule has 0 spiro atoms. The zero-order valence-corrected chi connectivity index (χ0v) is 9.44. The van der Waals surface area contributed by atoms with Gasteiger partial charge in [0.05, 0.1) is 4.92 Å². The number of rotatable bonds is 2. The normalized spacial score (nSPS) is 9.86. The van der Waals surface area contributed by atoms with Crippen LogP contribution in [0.15, 0.2) is 12.1 Å². The predicted octanol–water partition coefficient (Wildman–Crippen LogP) is 1.61. The Bertz CT molecular complexity index is 417. The van der Waals surface area contributed by atoms with Gasteiger partial charge in [0.1, 0.15) is 5.56 Å². The second-order valence-electron chi connectivity index (χ2n) is 2.69. The highest BCUT2D eigenvalue weighted by atomic mass is 127. The van der Waals surface area contributed by atoms with E-state index in [0.717, 1.165) is 3.57 Å². The number of primary amides is 1. The van der Waals surface area contributed by atoms with Crippen molar-refractivity contribution in [2.45, 2.75) is 6.92 Å². The lowest BCUT2D eigenvalue weighted by molar-refractivity contribution is -0.385. The first kappa shape index (κ1) is 10.9. The third kappa shape index (κ3) is 1.84. The number of nitro benzene ring substituents is 1. The Labute approximate surface area is 93.6 Å². The summed E-state index contributed by atoms with van der Waals surface area (Å²) in [6.45, 7) is 1.59. The second kappa shape index (κ2) is 3.91. The van der Waals surface area contributed by atoms with Gasteiger partial charge < -0.3 is 5.73 Å². The lowest BCUT2D eigenvalue weighted by Gasteiger charge is -2.03. The number of nitrogens with two attached hydrogens (primary N) is 1. The van der Waals surface area contributed by atoms with Gasteiger partial charge in [-0.15, -0.1) is 0 Å². The highest BCUT2D eigenvalue weighted by molar-refractivity contribution is 14.1. The molecule has 0 radical (unpaired) electrons. The highest BCUT2D eigenvalue weighted by Crippen LogP contribution is 2.26. The number of hydrogen-bond donors (Lipinski definition) is 1. The molecule has 0 unspecified atom stereocenters. The molecule has 1 amide bonds. The van der Waals surface area contributed by atoms with Crippen molar-refractivity contribution in [1.82, 2.24) is 0 Å². The maximum absolute atomic E-state index is 10.9. The fourth-order valence-corrected chi connectivity index (χ4v) is 1.54. The van der Waals surface area contributed by atoms with Crippen LogP contribution in [0.1, 0.15) is 15.9 Å². The first-order valence-corrected chi connectivity index (χ1v) is 4.76. The van der Waals surface area contributed by atoms with E-state index in [4.69, 9.17) is 5.73 Å². The molecule has 1 aromatic carbocycles. The molecule has 0 heterocycles. The van der Waals surface area contributed by atoms with Crippen LogP contribution in [0.5, 0.6) is 0 Å². The summed E-state index contributed by atoms with van der Waals surface area (Å²) in [6.07, 6.45) is 0. The highest BCUT2D eigenvalue weighted by Gasteiger charge is 2.22. The van der Waals surface area contributed by atoms with Crippen LogP contribution >= 0.6 is 22.6 Å². The van der Waals surface area contributed by atoms with E-state index in [1.807, 2.05) is 22.6 Å². The Morgan fingerprint density at radius 1 is 1.57 bits per heavy atom. The summed E-state index contributed by atoms with van der Waals surface area (Å²) < 4.78 is 0.735. The van der Waals surface area contributed by atoms with E-state index in [1.165, 1.54) is 6.07 Å². The number of carbonyl (C=O) groups is 1. The molecule has 0 aliphatic heterocycles. The van der Waals surface area contributed by atoms with Crippen LogP contribution in [-0.4, -0.2) is 10.8 Å². The fraction of sp³-hybridized carbons (Fsp3) is 0.125. The summed E-state index contributed by atoms with van der Waals surface area (Å²) in [5, 5.41) is 10.7. The van der Waals surface area contributed by atoms with Crippen molar-refractivity contribution in [1.29, 1.82) is 0 Å². The summed E-state index contributed by atoms with van der Waals surface area (Å²) >= 11 is 1.97. The van der Waals surface area contributed by atoms with E-state index in [9.17, 15) is 14.9 Å². The Morgan fingerprint density at radius 2 is 2.14 bits per heavy atom. The van der Waals surface area contributed by atoms with Gasteiger partial charge in [-0.25, -0.2) is 0 Å². The zero-order chi connectivity index (χ0) is 10.9. The van der Waals surface area contributed by atoms with Crippen LogP contribution in [0, 0.1) is 20.6 Å². The first-order chi connectivity index (χ1) is 6.45. The van der Waals surface area contributed by atoms with Crippen LogP contribution in [0.2, 0.25) is 0 Å². The van der Waals surface area contributed by atoms with Crippen molar-refractivity contribution in [2.75, 3.05) is 0 Å². The van der Waals surface area contributed by atoms with Gasteiger partial charge in [0, 0.05) is 9.13 Å². The molecule has 74 valence electrons. The average Bonchev–Trinajstić information content (AvgIpc) is 2.08. The summed E-state index contributed by atoms with van der Waals surface area (Å²) in [6, 6.07) is 3.00. The Morgan fingerprint density at radius 3 is 2.57 bits per heavy atom. The third-order valence-corrected chi connectivity index (χ3v) is 2.98. The number of nitro groups is 1. The first-order valence-electron chi connectivity index (χ1n) is 3.68. The van der Waals surface area contributed by atoms with Crippen LogP contribution in [-0.2, 0) is 0 Å². The SMILES string of the molecule is Cc1c(I)ccc(C(N)=O)c1[N+](=O)[O-]. The molecule has 1 rings (SSSR count). The van der Waals surface area contributed by atoms with Gasteiger partial charge in [-0.05, 0) is 41.6 Å². The predicted molar refractivity (Wildman–Crippen MR) is 59.1 cm³/mol. The van der Waals surface area contributed by atoms with E-state index in [1.54, 1.807) is 13.0 Å². The van der Waals surface area contributed by atoms with Crippen LogP contribution in [0.3, 0.4) is 0 Å². The number of amides is 1. The summed E-state index contributed by atoms with van der Waals surface area (Å²) in [4.78, 5) is 21.0. The van der Waals surface area contributed by atoms with E-state index in [2.05, 4.69) is 0 Å². The van der Waals surface area contributed by atoms with Crippen molar-refractivity contribution >= 4 is 34.2 Å². The number of carbonyl (C=O) groups excluding carboxylic acids is 1. The van der Waals surface area contributed by atoms with Crippen molar-refractivity contribution in [3.63, 3.8) is 0 Å². The van der Waals surface area contributed by atoms with E-state index in [0.29, 0.717) is 5.56 Å². The molecule has 2 N–H and O–H groups in total. The molecule has 0 saturated heterocycles. The second-order valence-corrected chi connectivity index (χ2v) is 3.85. The van der Waals surface area contributed by atoms with Gasteiger partial charge >= 0.3 is 0 Å². The van der Waals surface area contributed by atoms with Gasteiger partial charge in [-0.3, -0.25) is 14.9 Å². The van der Waals surface area contributed by atoms with Crippen LogP contribution in [0.4, 0.5) is 5.69 Å². The largest absolute Gasteiger partial charge is 0.365 e. The Hall–Kier alpha value is -1.18. The van der Waals surface area contributed by atoms with Gasteiger partial charge in [0.15, 0.2) is 0 Å². The maximum Gasteiger partial charge on any atom is 0.286 e. The molecule has 1 aromatic rings. The minimum absolute atomic E-state index is 0.0482. The zero-order valence-electron chi connectivity index (χ0n) is 7.28. The molecule has 5 nitrogen and oxygen atoms in total. The Kier molecular flexibility index (Phi) is 3.04. The van der Waals surface area contributed by atoms with Crippen LogP contribution in [0.25, 0.3) is 0 Å². The molecule has 0 bridgehead atoms. The monoisotopic (exact) mass is 306 g/mol. The van der Waals surface area contributed by atoms with Gasteiger partial charge in [-0.1, -0.05) is 0 Å². The van der Waals surface area contributed by atoms with Crippen molar-refractivity contribution in [3.8, 4) is 0 Å². The molecule has 0 fully saturated rings. The van der Waals surface area contributed by atoms with Crippen molar-refractivity contribution in [3.05, 3.63) is 36.9 Å². The molecular formula is C8H7IN2O3. The lowest BCUT2D eigenvalue weighted by atomic mass is 10.1. The quantitative estimate of drug-likeness (QED) is 0.511. The molecule has 6 heteroatoms. The van der Waals surface area contributed by atoms with Gasteiger partial charge in [0.25, 0.3) is 11.6 Å². The summed E-state index contributed by atoms with van der Waals surface area (Å²) in [5.74, 6) is -0.781. The number of halogens is 1. The van der Waals surface area contributed by atoms with Crippen molar-refractivity contribution < 1.29 is 9.72 Å². The average molecular weight is 306 g/mol. The molecule has 0 aliphatic rings. The molecule has 0 aliphatic carbocycles. The maximum atomic E-state index is 10.9. The minimum Gasteiger partial charge on any atom is -0.365 e. The number of hydrogen-bond acceptors (Lipinski definition) is 3. The number of nitrogens with zero attached hydrogens (tertiary/aromatic N) is 1. The molecule has 0 atom stereocenters. The lowest BCUT2D eigenvalue weighted by Crippen LogP contribution is -2.14. The van der Waals surface area contributed by atoms with Gasteiger partial charge in [-0.2, -0.15) is 0 Å². The summed E-state index contributed by atoms with van der Waals surface area (Å²) in [7, 11) is 0. The standard InChI is InChI=1S/C8H7IN2O3/c1-4-6(9)3-2-5(8(10)12)7(4)11(13)14/h2-3H,1H3,(H2,10,12).